The molecule has 1 aliphatic rings. The molecule has 0 saturated heterocycles. The highest BCUT2D eigenvalue weighted by molar-refractivity contribution is 6.35. The average molecular weight is 500 g/mol. The van der Waals surface area contributed by atoms with E-state index in [0.29, 0.717) is 18.4 Å². The first-order valence-electron chi connectivity index (χ1n) is 9.67. The molecule has 1 N–H and O–H groups in total. The number of halogens is 9. The molecule has 0 aromatic heterocycles. The second-order valence-corrected chi connectivity index (χ2v) is 8.36. The van der Waals surface area contributed by atoms with Gasteiger partial charge in [0.1, 0.15) is 0 Å². The highest BCUT2D eigenvalue weighted by Gasteiger charge is 2.39. The molecule has 0 saturated carbocycles. The number of rotatable bonds is 6. The number of alkyl halides is 6. The number of benzene rings is 2. The topological polar surface area (TPSA) is 12.0 Å². The third-order valence-electron chi connectivity index (χ3n) is 5.24. The van der Waals surface area contributed by atoms with Gasteiger partial charge in [0.2, 0.25) is 0 Å². The molecule has 0 amide bonds. The summed E-state index contributed by atoms with van der Waals surface area (Å²) in [5.41, 5.74) is 1.93. The van der Waals surface area contributed by atoms with Crippen LogP contribution in [0.4, 0.5) is 30.7 Å². The highest BCUT2D eigenvalue weighted by atomic mass is 35.5. The van der Waals surface area contributed by atoms with E-state index in [-0.39, 0.29) is 18.2 Å². The number of fused-ring (bicyclic) bond motifs is 1. The van der Waals surface area contributed by atoms with Crippen molar-refractivity contribution in [1.82, 2.24) is 5.32 Å². The number of hydrogen-bond donors (Lipinski definition) is 1. The van der Waals surface area contributed by atoms with Gasteiger partial charge in [-0.2, -0.15) is 26.3 Å². The second kappa shape index (κ2) is 9.61. The molecule has 0 radical (unpaired) electrons. The molecule has 0 bridgehead atoms. The molecule has 1 nitrogen and oxygen atoms in total. The van der Waals surface area contributed by atoms with Gasteiger partial charge < -0.3 is 5.32 Å². The minimum absolute atomic E-state index is 0.203. The summed E-state index contributed by atoms with van der Waals surface area (Å²) in [5, 5.41) is 1.87. The third kappa shape index (κ3) is 6.17. The summed E-state index contributed by atoms with van der Waals surface area (Å²) in [7, 11) is 0. The van der Waals surface area contributed by atoms with E-state index in [4.69, 9.17) is 23.2 Å². The predicted octanol–water partition coefficient (Wildman–Crippen LogP) is 8.02. The van der Waals surface area contributed by atoms with Crippen LogP contribution < -0.4 is 5.32 Å². The Labute approximate surface area is 190 Å². The number of hydrogen-bond acceptors (Lipinski definition) is 1. The van der Waals surface area contributed by atoms with Crippen molar-refractivity contribution in [3.63, 3.8) is 0 Å². The molecule has 2 aromatic carbocycles. The Morgan fingerprint density at radius 3 is 2.28 bits per heavy atom. The van der Waals surface area contributed by atoms with Gasteiger partial charge in [-0.05, 0) is 47.2 Å². The van der Waals surface area contributed by atoms with Gasteiger partial charge in [0.15, 0.2) is 5.82 Å². The van der Waals surface area contributed by atoms with Gasteiger partial charge in [-0.15, -0.1) is 0 Å². The molecule has 2 atom stereocenters. The maximum absolute atomic E-state index is 13.6. The van der Waals surface area contributed by atoms with Crippen molar-refractivity contribution in [3.05, 3.63) is 74.5 Å². The molecule has 1 aliphatic carbocycles. The van der Waals surface area contributed by atoms with Gasteiger partial charge in [0, 0.05) is 12.6 Å². The zero-order valence-electron chi connectivity index (χ0n) is 16.4. The van der Waals surface area contributed by atoms with Crippen molar-refractivity contribution < 1.29 is 30.7 Å². The van der Waals surface area contributed by atoms with E-state index in [9.17, 15) is 30.7 Å². The van der Waals surface area contributed by atoms with Crippen LogP contribution in [0.1, 0.15) is 47.1 Å². The van der Waals surface area contributed by atoms with Crippen molar-refractivity contribution in [3.8, 4) is 0 Å². The van der Waals surface area contributed by atoms with Gasteiger partial charge >= 0.3 is 12.4 Å². The summed E-state index contributed by atoms with van der Waals surface area (Å²) >= 11 is 11.3. The Hall–Kier alpha value is -1.77. The van der Waals surface area contributed by atoms with E-state index in [0.717, 1.165) is 29.3 Å². The molecule has 32 heavy (non-hydrogen) atoms. The van der Waals surface area contributed by atoms with E-state index in [1.165, 1.54) is 6.08 Å². The van der Waals surface area contributed by atoms with Crippen molar-refractivity contribution in [2.24, 2.45) is 0 Å². The fraction of sp³-hybridized carbons (Fsp3) is 0.364. The quantitative estimate of drug-likeness (QED) is 0.313. The Morgan fingerprint density at radius 2 is 1.69 bits per heavy atom. The summed E-state index contributed by atoms with van der Waals surface area (Å²) in [5.74, 6) is -3.04. The fourth-order valence-electron chi connectivity index (χ4n) is 3.71. The normalized spacial score (nSPS) is 17.7. The number of nitrogens with one attached hydrogen (secondary N) is 1. The summed E-state index contributed by atoms with van der Waals surface area (Å²) < 4.78 is 91.5. The van der Waals surface area contributed by atoms with Crippen LogP contribution >= 0.6 is 23.2 Å². The highest BCUT2D eigenvalue weighted by Crippen LogP contribution is 2.40. The van der Waals surface area contributed by atoms with Crippen molar-refractivity contribution in [2.75, 3.05) is 6.54 Å². The molecule has 2 unspecified atom stereocenters. The monoisotopic (exact) mass is 499 g/mol. The first-order chi connectivity index (χ1) is 14.8. The van der Waals surface area contributed by atoms with Crippen LogP contribution in [0.5, 0.6) is 0 Å². The first-order valence-corrected chi connectivity index (χ1v) is 10.4. The molecule has 2 aromatic rings. The van der Waals surface area contributed by atoms with Gasteiger partial charge in [-0.3, -0.25) is 0 Å². The zero-order chi connectivity index (χ0) is 23.7. The van der Waals surface area contributed by atoms with Gasteiger partial charge in [0.25, 0.3) is 0 Å². The van der Waals surface area contributed by atoms with Crippen LogP contribution in [0.15, 0.2) is 36.4 Å². The van der Waals surface area contributed by atoms with Crippen LogP contribution in [0, 0.1) is 5.82 Å². The lowest BCUT2D eigenvalue weighted by atomic mass is 9.96. The number of aryl methyl sites for hydroxylation is 1. The van der Waals surface area contributed by atoms with Crippen LogP contribution in [0.3, 0.4) is 0 Å². The third-order valence-corrected chi connectivity index (χ3v) is 5.79. The summed E-state index contributed by atoms with van der Waals surface area (Å²) in [4.78, 5) is 0. The summed E-state index contributed by atoms with van der Waals surface area (Å²) in [6, 6.07) is 6.60. The largest absolute Gasteiger partial charge is 0.399 e. The van der Waals surface area contributed by atoms with Crippen LogP contribution in [0.25, 0.3) is 6.08 Å². The average Bonchev–Trinajstić information content (AvgIpc) is 3.06. The van der Waals surface area contributed by atoms with Crippen LogP contribution in [-0.2, 0) is 6.42 Å². The minimum atomic E-state index is -4.66. The smallest absolute Gasteiger partial charge is 0.310 e. The Bertz CT molecular complexity index is 976. The summed E-state index contributed by atoms with van der Waals surface area (Å²) in [6.07, 6.45) is -6.38. The second-order valence-electron chi connectivity index (χ2n) is 7.55. The molecule has 3 rings (SSSR count). The van der Waals surface area contributed by atoms with E-state index in [2.05, 4.69) is 5.32 Å². The van der Waals surface area contributed by atoms with Gasteiger partial charge in [0.05, 0.1) is 22.4 Å². The fourth-order valence-corrected chi connectivity index (χ4v) is 4.22. The Morgan fingerprint density at radius 1 is 1.03 bits per heavy atom. The van der Waals surface area contributed by atoms with Crippen molar-refractivity contribution in [1.29, 1.82) is 0 Å². The summed E-state index contributed by atoms with van der Waals surface area (Å²) in [6.45, 7) is -0.203. The van der Waals surface area contributed by atoms with E-state index in [1.54, 1.807) is 18.2 Å². The molecule has 0 fully saturated rings. The molecule has 10 heteroatoms. The molecule has 0 spiro atoms. The molecule has 0 aliphatic heterocycles. The van der Waals surface area contributed by atoms with Crippen molar-refractivity contribution in [2.45, 2.75) is 43.6 Å². The van der Waals surface area contributed by atoms with Crippen LogP contribution in [-0.4, -0.2) is 18.9 Å². The van der Waals surface area contributed by atoms with Crippen LogP contribution in [0.2, 0.25) is 10.0 Å². The Balaban J connectivity index is 1.78. The lowest BCUT2D eigenvalue weighted by Gasteiger charge is -2.18. The standard InChI is InChI=1S/C22H18Cl2F7N/c23-17-10-14(11-18(24)20(17)25)16(22(29,30)31)5-2-12-1-4-15-13(9-12)3-6-19(15)32-8-7-21(26,27)28/h1-2,4-5,9-11,16,19,32H,3,6-8H2/b5-2+. The molecule has 0 heterocycles. The number of allylic oxidation sites excluding steroid dienone is 1. The zero-order valence-corrected chi connectivity index (χ0v) is 17.9. The molecule has 174 valence electrons. The maximum atomic E-state index is 13.6. The van der Waals surface area contributed by atoms with Crippen molar-refractivity contribution >= 4 is 29.3 Å². The Kier molecular flexibility index (Phi) is 7.47. The van der Waals surface area contributed by atoms with E-state index < -0.39 is 40.6 Å². The maximum Gasteiger partial charge on any atom is 0.399 e. The SMILES string of the molecule is Fc1c(Cl)cc(C(/C=C/c2ccc3c(c2)CCC3NCCC(F)(F)F)C(F)(F)F)cc1Cl. The van der Waals surface area contributed by atoms with E-state index in [1.807, 2.05) is 0 Å². The minimum Gasteiger partial charge on any atom is -0.310 e. The van der Waals surface area contributed by atoms with Gasteiger partial charge in [-0.25, -0.2) is 4.39 Å². The molecular formula is C22H18Cl2F7N. The van der Waals surface area contributed by atoms with E-state index >= 15 is 0 Å². The lowest BCUT2D eigenvalue weighted by Crippen LogP contribution is -2.24. The van der Waals surface area contributed by atoms with Gasteiger partial charge in [-0.1, -0.05) is 53.6 Å². The first kappa shape index (κ1) is 24.9. The molecular weight excluding hydrogens is 482 g/mol. The lowest BCUT2D eigenvalue weighted by molar-refractivity contribution is -0.139. The predicted molar refractivity (Wildman–Crippen MR) is 110 cm³/mol.